The zero-order valence-corrected chi connectivity index (χ0v) is 18.1. The average molecular weight is 435 g/mol. The number of ether oxygens (including phenoxy) is 1. The fraction of sp³-hybridized carbons (Fsp3) is 0.696. The third-order valence-electron chi connectivity index (χ3n) is 9.00. The van der Waals surface area contributed by atoms with Gasteiger partial charge >= 0.3 is 6.09 Å². The molecule has 31 heavy (non-hydrogen) atoms. The summed E-state index contributed by atoms with van der Waals surface area (Å²) in [5, 5.41) is 21.0. The Balaban J connectivity index is 1.86. The number of hydrogen-bond acceptors (Lipinski definition) is 6. The highest BCUT2D eigenvalue weighted by molar-refractivity contribution is 6.01. The molecule has 0 aromatic rings. The van der Waals surface area contributed by atoms with E-state index in [9.17, 15) is 24.6 Å². The maximum absolute atomic E-state index is 17.1. The van der Waals surface area contributed by atoms with Crippen molar-refractivity contribution in [2.75, 3.05) is 6.61 Å². The Kier molecular flexibility index (Phi) is 4.80. The first-order valence-corrected chi connectivity index (χ1v) is 10.8. The molecule has 0 unspecified atom stereocenters. The van der Waals surface area contributed by atoms with Gasteiger partial charge < -0.3 is 20.7 Å². The number of primary amides is 1. The van der Waals surface area contributed by atoms with E-state index < -0.39 is 64.4 Å². The van der Waals surface area contributed by atoms with E-state index in [2.05, 4.69) is 0 Å². The Morgan fingerprint density at radius 1 is 1.32 bits per heavy atom. The number of aliphatic hydroxyl groups excluding tert-OH is 2. The van der Waals surface area contributed by atoms with Crippen LogP contribution in [0.4, 0.5) is 9.18 Å². The molecule has 8 heteroatoms. The summed E-state index contributed by atoms with van der Waals surface area (Å²) >= 11 is 0. The lowest BCUT2D eigenvalue weighted by molar-refractivity contribution is -0.218. The molecule has 1 amide bonds. The number of amides is 1. The first-order valence-electron chi connectivity index (χ1n) is 10.8. The minimum absolute atomic E-state index is 0.140. The van der Waals surface area contributed by atoms with Crippen molar-refractivity contribution in [1.29, 1.82) is 0 Å². The number of carbonyl (C=O) groups is 3. The molecule has 3 fully saturated rings. The topological polar surface area (TPSA) is 127 Å². The quantitative estimate of drug-likeness (QED) is 0.622. The molecule has 0 spiro atoms. The molecule has 8 atom stereocenters. The van der Waals surface area contributed by atoms with Gasteiger partial charge in [0, 0.05) is 22.7 Å². The zero-order valence-electron chi connectivity index (χ0n) is 18.1. The molecular formula is C23H30FNO6. The number of nitrogens with two attached hydrogens (primary N) is 1. The molecule has 0 heterocycles. The molecule has 0 aliphatic heterocycles. The summed E-state index contributed by atoms with van der Waals surface area (Å²) in [6.45, 7) is 4.33. The van der Waals surface area contributed by atoms with Crippen molar-refractivity contribution in [2.24, 2.45) is 34.3 Å². The van der Waals surface area contributed by atoms with Crippen LogP contribution in [-0.2, 0) is 14.3 Å². The SMILES string of the molecule is C[C@@H]1C[C@H]2[C@@H]3CCC4=CC(=O)C=C[C@]4(C)[C@@]3(F)[C@@H](O)C[C@]2(C)[C@@]1(OC(N)=O)C(=O)CO. The average Bonchev–Trinajstić information content (AvgIpc) is 2.90. The number of carbonyl (C=O) groups excluding carboxylic acids is 3. The number of halogens is 1. The van der Waals surface area contributed by atoms with Crippen molar-refractivity contribution in [3.8, 4) is 0 Å². The minimum Gasteiger partial charge on any atom is -0.434 e. The van der Waals surface area contributed by atoms with E-state index >= 15 is 4.39 Å². The summed E-state index contributed by atoms with van der Waals surface area (Å²) in [6, 6.07) is 0. The lowest BCUT2D eigenvalue weighted by Crippen LogP contribution is -2.70. The van der Waals surface area contributed by atoms with Gasteiger partial charge in [-0.15, -0.1) is 0 Å². The van der Waals surface area contributed by atoms with Gasteiger partial charge in [-0.25, -0.2) is 9.18 Å². The van der Waals surface area contributed by atoms with Crippen molar-refractivity contribution in [2.45, 2.75) is 63.8 Å². The number of Topliss-reactive ketones (excluding diaryl/α,β-unsaturated/α-hetero) is 1. The van der Waals surface area contributed by atoms with Gasteiger partial charge in [-0.3, -0.25) is 9.59 Å². The molecule has 170 valence electrons. The molecule has 0 aromatic heterocycles. The number of fused-ring (bicyclic) bond motifs is 5. The second-order valence-corrected chi connectivity index (χ2v) is 10.1. The third-order valence-corrected chi connectivity index (χ3v) is 9.00. The van der Waals surface area contributed by atoms with Crippen LogP contribution in [0, 0.1) is 28.6 Å². The standard InChI is InChI=1S/C23H30FNO6/c1-12-8-16-15-5-4-13-9-14(27)6-7-20(13,2)22(15,24)17(28)10-21(16,3)23(12,18(29)11-26)31-19(25)30/h6-7,9,12,15-17,26,28H,4-5,8,10-11H2,1-3H3,(H2,25,30)/t12-,15+,16+,17+,20+,21+,22+,23+/m1/s1. The first-order chi connectivity index (χ1) is 14.4. The van der Waals surface area contributed by atoms with E-state index in [4.69, 9.17) is 10.5 Å². The van der Waals surface area contributed by atoms with Crippen molar-refractivity contribution in [3.63, 3.8) is 0 Å². The Bertz CT molecular complexity index is 916. The van der Waals surface area contributed by atoms with Crippen molar-refractivity contribution >= 4 is 17.7 Å². The fourth-order valence-electron chi connectivity index (χ4n) is 7.67. The zero-order chi connectivity index (χ0) is 23.0. The molecule has 4 rings (SSSR count). The molecule has 7 nitrogen and oxygen atoms in total. The second-order valence-electron chi connectivity index (χ2n) is 10.1. The van der Waals surface area contributed by atoms with Crippen LogP contribution >= 0.6 is 0 Å². The van der Waals surface area contributed by atoms with Gasteiger partial charge in [0.15, 0.2) is 17.1 Å². The number of alkyl halides is 1. The molecule has 0 aromatic carbocycles. The second kappa shape index (κ2) is 6.72. The number of ketones is 2. The van der Waals surface area contributed by atoms with Gasteiger partial charge in [-0.2, -0.15) is 0 Å². The van der Waals surface area contributed by atoms with Gasteiger partial charge in [0.05, 0.1) is 6.10 Å². The van der Waals surface area contributed by atoms with E-state index in [-0.39, 0.29) is 12.2 Å². The Morgan fingerprint density at radius 2 is 2.00 bits per heavy atom. The van der Waals surface area contributed by atoms with Gasteiger partial charge in [-0.05, 0) is 50.7 Å². The first kappa shape index (κ1) is 22.1. The molecule has 3 saturated carbocycles. The van der Waals surface area contributed by atoms with Crippen LogP contribution in [0.25, 0.3) is 0 Å². The molecule has 0 radical (unpaired) electrons. The van der Waals surface area contributed by atoms with Crippen LogP contribution in [0.5, 0.6) is 0 Å². The number of aliphatic hydroxyl groups is 2. The van der Waals surface area contributed by atoms with Crippen molar-refractivity contribution in [1.82, 2.24) is 0 Å². The molecule has 4 N–H and O–H groups in total. The maximum atomic E-state index is 17.1. The van der Waals surface area contributed by atoms with Crippen molar-refractivity contribution in [3.05, 3.63) is 23.8 Å². The van der Waals surface area contributed by atoms with Crippen LogP contribution in [-0.4, -0.2) is 51.9 Å². The Labute approximate surface area is 180 Å². The molecule has 0 saturated heterocycles. The van der Waals surface area contributed by atoms with E-state index in [0.29, 0.717) is 24.8 Å². The molecule has 4 aliphatic rings. The monoisotopic (exact) mass is 435 g/mol. The predicted octanol–water partition coefficient (Wildman–Crippen LogP) is 2.00. The number of hydrogen-bond donors (Lipinski definition) is 3. The van der Waals surface area contributed by atoms with Crippen LogP contribution in [0.15, 0.2) is 23.8 Å². The highest BCUT2D eigenvalue weighted by Gasteiger charge is 2.77. The van der Waals surface area contributed by atoms with E-state index in [1.165, 1.54) is 12.2 Å². The van der Waals surface area contributed by atoms with E-state index in [1.807, 2.05) is 0 Å². The van der Waals surface area contributed by atoms with Crippen LogP contribution < -0.4 is 5.73 Å². The molecule has 4 aliphatic carbocycles. The van der Waals surface area contributed by atoms with E-state index in [0.717, 1.165) is 0 Å². The summed E-state index contributed by atoms with van der Waals surface area (Å²) in [6.07, 6.45) is 2.89. The smallest absolute Gasteiger partial charge is 0.405 e. The highest BCUT2D eigenvalue weighted by atomic mass is 19.1. The largest absolute Gasteiger partial charge is 0.434 e. The van der Waals surface area contributed by atoms with Gasteiger partial charge in [0.1, 0.15) is 6.61 Å². The van der Waals surface area contributed by atoms with Gasteiger partial charge in [-0.1, -0.05) is 25.5 Å². The normalized spacial score (nSPS) is 48.3. The van der Waals surface area contributed by atoms with Gasteiger partial charge in [0.2, 0.25) is 5.78 Å². The highest BCUT2D eigenvalue weighted by Crippen LogP contribution is 2.71. The Hall–Kier alpha value is -2.06. The van der Waals surface area contributed by atoms with Crippen LogP contribution in [0.1, 0.15) is 46.5 Å². The summed E-state index contributed by atoms with van der Waals surface area (Å²) in [5.41, 5.74) is -0.0531. The predicted molar refractivity (Wildman–Crippen MR) is 108 cm³/mol. The number of rotatable bonds is 3. The Morgan fingerprint density at radius 3 is 2.61 bits per heavy atom. The summed E-state index contributed by atoms with van der Waals surface area (Å²) in [7, 11) is 0. The lowest BCUT2D eigenvalue weighted by atomic mass is 9.44. The fourth-order valence-corrected chi connectivity index (χ4v) is 7.67. The van der Waals surface area contributed by atoms with Crippen LogP contribution in [0.3, 0.4) is 0 Å². The maximum Gasteiger partial charge on any atom is 0.405 e. The van der Waals surface area contributed by atoms with Gasteiger partial charge in [0.25, 0.3) is 0 Å². The summed E-state index contributed by atoms with van der Waals surface area (Å²) in [4.78, 5) is 36.7. The summed E-state index contributed by atoms with van der Waals surface area (Å²) in [5.74, 6) is -2.42. The third kappa shape index (κ3) is 2.49. The van der Waals surface area contributed by atoms with Crippen LogP contribution in [0.2, 0.25) is 0 Å². The minimum atomic E-state index is -2.05. The number of allylic oxidation sites excluding steroid dienone is 4. The lowest BCUT2D eigenvalue weighted by Gasteiger charge is -2.62. The van der Waals surface area contributed by atoms with E-state index in [1.54, 1.807) is 26.8 Å². The molecule has 0 bridgehead atoms. The summed E-state index contributed by atoms with van der Waals surface area (Å²) < 4.78 is 22.5. The van der Waals surface area contributed by atoms with Crippen molar-refractivity contribution < 1.29 is 33.7 Å². The molecular weight excluding hydrogens is 405 g/mol.